The predicted octanol–water partition coefficient (Wildman–Crippen LogP) is 1.75. The minimum atomic E-state index is 0.113. The Bertz CT molecular complexity index is 347. The van der Waals surface area contributed by atoms with E-state index >= 15 is 0 Å². The fourth-order valence-corrected chi connectivity index (χ4v) is 2.77. The van der Waals surface area contributed by atoms with Crippen molar-refractivity contribution in [2.45, 2.75) is 32.2 Å². The number of hydrogen-bond donors (Lipinski definition) is 1. The molecule has 2 rings (SSSR count). The van der Waals surface area contributed by atoms with Crippen LogP contribution in [0.4, 0.5) is 0 Å². The molecule has 0 aromatic carbocycles. The van der Waals surface area contributed by atoms with E-state index in [1.54, 1.807) is 11.7 Å². The van der Waals surface area contributed by atoms with Crippen LogP contribution in [0.1, 0.15) is 35.9 Å². The highest BCUT2D eigenvalue weighted by Gasteiger charge is 2.21. The molecule has 0 spiro atoms. The highest BCUT2D eigenvalue weighted by Crippen LogP contribution is 2.13. The van der Waals surface area contributed by atoms with Crippen molar-refractivity contribution >= 4 is 17.2 Å². The SMILES string of the molecule is CCN(CC1CCCCN1)C(=O)c1cncs1. The Morgan fingerprint density at radius 2 is 2.53 bits per heavy atom. The lowest BCUT2D eigenvalue weighted by Crippen LogP contribution is -2.45. The third kappa shape index (κ3) is 3.26. The van der Waals surface area contributed by atoms with E-state index in [4.69, 9.17) is 0 Å². The lowest BCUT2D eigenvalue weighted by Gasteiger charge is -2.29. The summed E-state index contributed by atoms with van der Waals surface area (Å²) in [6, 6.07) is 0.459. The molecule has 2 heterocycles. The van der Waals surface area contributed by atoms with Gasteiger partial charge in [0.1, 0.15) is 4.88 Å². The molecule has 1 amide bonds. The number of amides is 1. The van der Waals surface area contributed by atoms with Gasteiger partial charge in [0.25, 0.3) is 5.91 Å². The Labute approximate surface area is 106 Å². The first kappa shape index (κ1) is 12.5. The van der Waals surface area contributed by atoms with E-state index in [9.17, 15) is 4.79 Å². The normalized spacial score (nSPS) is 20.2. The predicted molar refractivity (Wildman–Crippen MR) is 69.3 cm³/mol. The zero-order valence-electron chi connectivity index (χ0n) is 10.2. The van der Waals surface area contributed by atoms with Crippen LogP contribution < -0.4 is 5.32 Å². The summed E-state index contributed by atoms with van der Waals surface area (Å²) in [6.45, 7) is 4.68. The van der Waals surface area contributed by atoms with Gasteiger partial charge in [-0.25, -0.2) is 0 Å². The first-order chi connectivity index (χ1) is 8.31. The summed E-state index contributed by atoms with van der Waals surface area (Å²) in [5.41, 5.74) is 1.71. The molecular weight excluding hydrogens is 234 g/mol. The van der Waals surface area contributed by atoms with E-state index in [-0.39, 0.29) is 5.91 Å². The summed E-state index contributed by atoms with van der Waals surface area (Å²) in [5, 5.41) is 3.48. The van der Waals surface area contributed by atoms with Crippen molar-refractivity contribution < 1.29 is 4.79 Å². The number of thiazole rings is 1. The molecule has 1 aromatic heterocycles. The molecule has 17 heavy (non-hydrogen) atoms. The molecule has 1 fully saturated rings. The monoisotopic (exact) mass is 253 g/mol. The highest BCUT2D eigenvalue weighted by molar-refractivity contribution is 7.11. The van der Waals surface area contributed by atoms with Crippen LogP contribution in [0.25, 0.3) is 0 Å². The van der Waals surface area contributed by atoms with Crippen LogP contribution in [-0.2, 0) is 0 Å². The van der Waals surface area contributed by atoms with Crippen LogP contribution in [0.2, 0.25) is 0 Å². The first-order valence-electron chi connectivity index (χ1n) is 6.22. The molecule has 0 bridgehead atoms. The second-order valence-electron chi connectivity index (χ2n) is 4.36. The molecule has 1 saturated heterocycles. The second-order valence-corrected chi connectivity index (χ2v) is 5.24. The molecule has 4 nitrogen and oxygen atoms in total. The molecule has 1 aliphatic heterocycles. The van der Waals surface area contributed by atoms with Crippen molar-refractivity contribution in [3.8, 4) is 0 Å². The summed E-state index contributed by atoms with van der Waals surface area (Å²) in [7, 11) is 0. The fraction of sp³-hybridized carbons (Fsp3) is 0.667. The molecule has 0 radical (unpaired) electrons. The summed E-state index contributed by atoms with van der Waals surface area (Å²) in [6.07, 6.45) is 5.35. The van der Waals surface area contributed by atoms with Crippen molar-refractivity contribution in [3.05, 3.63) is 16.6 Å². The molecule has 1 aliphatic rings. The number of carbonyl (C=O) groups is 1. The topological polar surface area (TPSA) is 45.2 Å². The Hall–Kier alpha value is -0.940. The van der Waals surface area contributed by atoms with Crippen molar-refractivity contribution in [1.29, 1.82) is 0 Å². The quantitative estimate of drug-likeness (QED) is 0.889. The van der Waals surface area contributed by atoms with Crippen molar-refractivity contribution in [3.63, 3.8) is 0 Å². The number of nitrogens with one attached hydrogen (secondary N) is 1. The van der Waals surface area contributed by atoms with Gasteiger partial charge in [0.05, 0.1) is 11.7 Å². The van der Waals surface area contributed by atoms with Gasteiger partial charge < -0.3 is 10.2 Å². The highest BCUT2D eigenvalue weighted by atomic mass is 32.1. The largest absolute Gasteiger partial charge is 0.337 e. The third-order valence-electron chi connectivity index (χ3n) is 3.17. The molecule has 1 N–H and O–H groups in total. The standard InChI is InChI=1S/C12H19N3OS/c1-2-15(8-10-5-3-4-6-14-10)12(16)11-7-13-9-17-11/h7,9-10,14H,2-6,8H2,1H3. The van der Waals surface area contributed by atoms with E-state index in [1.165, 1.54) is 30.6 Å². The lowest BCUT2D eigenvalue weighted by molar-refractivity contribution is 0.0746. The second kappa shape index (κ2) is 6.12. The molecule has 0 saturated carbocycles. The van der Waals surface area contributed by atoms with Crippen molar-refractivity contribution in [2.75, 3.05) is 19.6 Å². The Morgan fingerprint density at radius 1 is 1.65 bits per heavy atom. The maximum atomic E-state index is 12.2. The first-order valence-corrected chi connectivity index (χ1v) is 7.10. The number of likely N-dealkylation sites (N-methyl/N-ethyl adjacent to an activating group) is 1. The van der Waals surface area contributed by atoms with Gasteiger partial charge in [0.15, 0.2) is 0 Å². The van der Waals surface area contributed by atoms with Crippen LogP contribution in [0.5, 0.6) is 0 Å². The maximum absolute atomic E-state index is 12.2. The summed E-state index contributed by atoms with van der Waals surface area (Å²) in [4.78, 5) is 18.8. The van der Waals surface area contributed by atoms with Crippen molar-refractivity contribution in [2.24, 2.45) is 0 Å². The van der Waals surface area contributed by atoms with E-state index in [0.717, 1.165) is 24.5 Å². The van der Waals surface area contributed by atoms with Crippen molar-refractivity contribution in [1.82, 2.24) is 15.2 Å². The van der Waals surface area contributed by atoms with Gasteiger partial charge in [-0.05, 0) is 26.3 Å². The van der Waals surface area contributed by atoms with E-state index < -0.39 is 0 Å². The van der Waals surface area contributed by atoms with Gasteiger partial charge in [0, 0.05) is 19.1 Å². The molecule has 1 unspecified atom stereocenters. The fourth-order valence-electron chi connectivity index (χ4n) is 2.18. The number of aromatic nitrogens is 1. The van der Waals surface area contributed by atoms with Gasteiger partial charge in [-0.15, -0.1) is 11.3 Å². The smallest absolute Gasteiger partial charge is 0.265 e. The average Bonchev–Trinajstić information content (AvgIpc) is 2.90. The summed E-state index contributed by atoms with van der Waals surface area (Å²) in [5.74, 6) is 0.113. The Balaban J connectivity index is 1.93. The molecule has 5 heteroatoms. The van der Waals surface area contributed by atoms with Gasteiger partial charge in [-0.3, -0.25) is 9.78 Å². The molecule has 1 atom stereocenters. The third-order valence-corrected chi connectivity index (χ3v) is 3.93. The number of piperidine rings is 1. The summed E-state index contributed by atoms with van der Waals surface area (Å²) < 4.78 is 0. The van der Waals surface area contributed by atoms with Gasteiger partial charge >= 0.3 is 0 Å². The average molecular weight is 253 g/mol. The zero-order chi connectivity index (χ0) is 12.1. The Morgan fingerprint density at radius 3 is 3.12 bits per heavy atom. The molecule has 94 valence electrons. The maximum Gasteiger partial charge on any atom is 0.265 e. The number of nitrogens with zero attached hydrogens (tertiary/aromatic N) is 2. The van der Waals surface area contributed by atoms with Crippen LogP contribution in [0.15, 0.2) is 11.7 Å². The van der Waals surface area contributed by atoms with Crippen LogP contribution in [0, 0.1) is 0 Å². The lowest BCUT2D eigenvalue weighted by atomic mass is 10.0. The minimum absolute atomic E-state index is 0.113. The van der Waals surface area contributed by atoms with E-state index in [0.29, 0.717) is 6.04 Å². The van der Waals surface area contributed by atoms with Gasteiger partial charge in [-0.1, -0.05) is 6.42 Å². The molecule has 1 aromatic rings. The molecular formula is C12H19N3OS. The number of rotatable bonds is 4. The van der Waals surface area contributed by atoms with Crippen LogP contribution in [-0.4, -0.2) is 41.5 Å². The minimum Gasteiger partial charge on any atom is -0.337 e. The van der Waals surface area contributed by atoms with Gasteiger partial charge in [-0.2, -0.15) is 0 Å². The molecule has 0 aliphatic carbocycles. The van der Waals surface area contributed by atoms with Gasteiger partial charge in [0.2, 0.25) is 0 Å². The zero-order valence-corrected chi connectivity index (χ0v) is 11.0. The number of carbonyl (C=O) groups excluding carboxylic acids is 1. The Kier molecular flexibility index (Phi) is 4.50. The van der Waals surface area contributed by atoms with Crippen LogP contribution >= 0.6 is 11.3 Å². The number of hydrogen-bond acceptors (Lipinski definition) is 4. The summed E-state index contributed by atoms with van der Waals surface area (Å²) >= 11 is 1.41. The van der Waals surface area contributed by atoms with Crippen LogP contribution in [0.3, 0.4) is 0 Å². The van der Waals surface area contributed by atoms with E-state index in [2.05, 4.69) is 10.3 Å². The van der Waals surface area contributed by atoms with E-state index in [1.807, 2.05) is 11.8 Å².